The van der Waals surface area contributed by atoms with Crippen molar-refractivity contribution in [2.75, 3.05) is 27.8 Å². The molecule has 36 heavy (non-hydrogen) atoms. The molecule has 190 valence electrons. The summed E-state index contributed by atoms with van der Waals surface area (Å²) in [5.41, 5.74) is -2.54. The third-order valence-electron chi connectivity index (χ3n) is 5.66. The van der Waals surface area contributed by atoms with Crippen LogP contribution < -0.4 is 20.4 Å². The normalized spacial score (nSPS) is 12.3. The topological polar surface area (TPSA) is 36.9 Å². The Kier molecular flexibility index (Phi) is 7.10. The molecule has 0 heterocycles. The van der Waals surface area contributed by atoms with Crippen LogP contribution in [0.1, 0.15) is 0 Å². The molecule has 0 N–H and O–H groups in total. The van der Waals surface area contributed by atoms with E-state index < -0.39 is 50.0 Å². The highest BCUT2D eigenvalue weighted by atomic mass is 19.4. The average Bonchev–Trinajstić information content (AvgIpc) is 2.83. The molecule has 0 atom stereocenters. The largest absolute Gasteiger partial charge is 0.513 e. The molecule has 0 saturated carbocycles. The minimum Gasteiger partial charge on any atom is -0.470 e. The van der Waals surface area contributed by atoms with Crippen molar-refractivity contribution in [2.24, 2.45) is 0 Å². The lowest BCUT2D eigenvalue weighted by Gasteiger charge is -2.28. The summed E-state index contributed by atoms with van der Waals surface area (Å²) in [6, 6.07) is 14.1. The highest BCUT2D eigenvalue weighted by Crippen LogP contribution is 2.46. The SMILES string of the molecule is COCOc1c([B-](F)(F)F)cc2ccccc2c1-c1c(OCOC)c([B-](F)(F)F)cc2ccccc12. The van der Waals surface area contributed by atoms with Crippen molar-refractivity contribution in [3.05, 3.63) is 60.7 Å². The van der Waals surface area contributed by atoms with Crippen LogP contribution in [-0.4, -0.2) is 41.8 Å². The van der Waals surface area contributed by atoms with Crippen molar-refractivity contribution >= 4 is 46.4 Å². The van der Waals surface area contributed by atoms with Gasteiger partial charge in [0.25, 0.3) is 0 Å². The van der Waals surface area contributed by atoms with Gasteiger partial charge in [0, 0.05) is 25.3 Å². The summed E-state index contributed by atoms with van der Waals surface area (Å²) in [6.45, 7) is -12.4. The molecule has 0 spiro atoms. The van der Waals surface area contributed by atoms with Crippen LogP contribution in [0.4, 0.5) is 25.9 Å². The summed E-state index contributed by atoms with van der Waals surface area (Å²) in [5, 5.41) is 0.866. The predicted molar refractivity (Wildman–Crippen MR) is 129 cm³/mol. The highest BCUT2D eigenvalue weighted by Gasteiger charge is 2.36. The van der Waals surface area contributed by atoms with E-state index in [1.165, 1.54) is 38.5 Å². The molecule has 12 heteroatoms. The zero-order valence-electron chi connectivity index (χ0n) is 19.2. The predicted octanol–water partition coefficient (Wildman–Crippen LogP) is 5.73. The molecular formula is C24H20B2F6O4-2. The lowest BCUT2D eigenvalue weighted by molar-refractivity contribution is 0.0507. The minimum absolute atomic E-state index is 0.177. The second kappa shape index (κ2) is 9.94. The number of hydrogen-bond donors (Lipinski definition) is 0. The van der Waals surface area contributed by atoms with Gasteiger partial charge in [-0.25, -0.2) is 0 Å². The molecule has 0 radical (unpaired) electrons. The number of methoxy groups -OCH3 is 2. The number of halogens is 6. The summed E-state index contributed by atoms with van der Waals surface area (Å²) in [6.07, 6.45) is 0. The van der Waals surface area contributed by atoms with Gasteiger partial charge in [0.05, 0.1) is 0 Å². The first-order valence-electron chi connectivity index (χ1n) is 10.8. The van der Waals surface area contributed by atoms with Gasteiger partial charge in [-0.1, -0.05) is 71.6 Å². The van der Waals surface area contributed by atoms with Crippen molar-refractivity contribution in [3.8, 4) is 22.6 Å². The summed E-state index contributed by atoms with van der Waals surface area (Å²) in [5.74, 6) is -1.27. The van der Waals surface area contributed by atoms with Gasteiger partial charge < -0.3 is 44.8 Å². The van der Waals surface area contributed by atoms with E-state index in [4.69, 9.17) is 18.9 Å². The molecule has 0 unspecified atom stereocenters. The zero-order valence-corrected chi connectivity index (χ0v) is 19.2. The van der Waals surface area contributed by atoms with Gasteiger partial charge in [-0.15, -0.1) is 0 Å². The van der Waals surface area contributed by atoms with E-state index in [-0.39, 0.29) is 32.7 Å². The molecule has 0 aliphatic rings. The maximum Gasteiger partial charge on any atom is 0.513 e. The second-order valence-corrected chi connectivity index (χ2v) is 8.03. The van der Waals surface area contributed by atoms with Crippen LogP contribution >= 0.6 is 0 Å². The molecule has 4 aromatic carbocycles. The Bertz CT molecular complexity index is 1300. The van der Waals surface area contributed by atoms with E-state index >= 15 is 0 Å². The first-order valence-corrected chi connectivity index (χ1v) is 10.8. The van der Waals surface area contributed by atoms with Gasteiger partial charge in [0.15, 0.2) is 13.6 Å². The Morgan fingerprint density at radius 3 is 1.28 bits per heavy atom. The number of benzene rings is 4. The van der Waals surface area contributed by atoms with E-state index in [1.807, 2.05) is 0 Å². The molecule has 4 nitrogen and oxygen atoms in total. The van der Waals surface area contributed by atoms with Crippen LogP contribution in [0, 0.1) is 0 Å². The summed E-state index contributed by atoms with van der Waals surface area (Å²) in [7, 11) is 2.46. The Hall–Kier alpha value is -3.37. The van der Waals surface area contributed by atoms with Crippen molar-refractivity contribution in [3.63, 3.8) is 0 Å². The fourth-order valence-electron chi connectivity index (χ4n) is 4.23. The van der Waals surface area contributed by atoms with Crippen LogP contribution in [0.15, 0.2) is 60.7 Å². The van der Waals surface area contributed by atoms with E-state index in [9.17, 15) is 25.9 Å². The van der Waals surface area contributed by atoms with Crippen LogP contribution in [0.3, 0.4) is 0 Å². The lowest BCUT2D eigenvalue weighted by Crippen LogP contribution is -2.37. The van der Waals surface area contributed by atoms with Gasteiger partial charge in [0.1, 0.15) is 11.5 Å². The second-order valence-electron chi connectivity index (χ2n) is 8.03. The average molecular weight is 508 g/mol. The summed E-state index contributed by atoms with van der Waals surface area (Å²) < 4.78 is 106. The number of fused-ring (bicyclic) bond motifs is 2. The van der Waals surface area contributed by atoms with Gasteiger partial charge in [-0.2, -0.15) is 0 Å². The molecule has 0 amide bonds. The standard InChI is InChI=1S/C24H20B2F6O4/c1-33-13-35-23-19(25(27,28)29)11-15-7-3-5-9-17(15)21(23)22-18-10-6-4-8-16(18)12-20(26(30,31)32)24(22)36-14-34-2/h3-12H,13-14H2,1-2H3/q-2. The molecule has 0 aromatic heterocycles. The summed E-state index contributed by atoms with van der Waals surface area (Å²) in [4.78, 5) is 0. The number of hydrogen-bond acceptors (Lipinski definition) is 4. The van der Waals surface area contributed by atoms with Gasteiger partial charge >= 0.3 is 14.0 Å². The molecule has 0 fully saturated rings. The van der Waals surface area contributed by atoms with E-state index in [0.717, 1.165) is 12.1 Å². The molecule has 0 aliphatic heterocycles. The van der Waals surface area contributed by atoms with Crippen molar-refractivity contribution in [1.29, 1.82) is 0 Å². The van der Waals surface area contributed by atoms with E-state index in [0.29, 0.717) is 0 Å². The number of ether oxygens (including phenoxy) is 4. The molecular weight excluding hydrogens is 488 g/mol. The van der Waals surface area contributed by atoms with Crippen LogP contribution in [0.2, 0.25) is 0 Å². The van der Waals surface area contributed by atoms with Gasteiger partial charge in [-0.3, -0.25) is 0 Å². The maximum atomic E-state index is 14.3. The Morgan fingerprint density at radius 1 is 0.583 bits per heavy atom. The van der Waals surface area contributed by atoms with Crippen molar-refractivity contribution < 1.29 is 44.8 Å². The quantitative estimate of drug-likeness (QED) is 0.165. The smallest absolute Gasteiger partial charge is 0.470 e. The first kappa shape index (κ1) is 25.7. The third kappa shape index (κ3) is 4.83. The fraction of sp³-hybridized carbons (Fsp3) is 0.167. The lowest BCUT2D eigenvalue weighted by atomic mass is 9.73. The highest BCUT2D eigenvalue weighted by molar-refractivity contribution is 6.75. The molecule has 0 aliphatic carbocycles. The zero-order chi connectivity index (χ0) is 26.1. The molecule has 4 rings (SSSR count). The third-order valence-corrected chi connectivity index (χ3v) is 5.66. The maximum absolute atomic E-state index is 14.3. The van der Waals surface area contributed by atoms with Gasteiger partial charge in [0.2, 0.25) is 0 Å². The van der Waals surface area contributed by atoms with Gasteiger partial charge in [-0.05, 0) is 21.5 Å². The first-order chi connectivity index (χ1) is 17.1. The molecule has 4 aromatic rings. The van der Waals surface area contributed by atoms with Crippen LogP contribution in [0.25, 0.3) is 32.7 Å². The Morgan fingerprint density at radius 2 is 0.944 bits per heavy atom. The van der Waals surface area contributed by atoms with E-state index in [1.54, 1.807) is 24.3 Å². The fourth-order valence-corrected chi connectivity index (χ4v) is 4.23. The monoisotopic (exact) mass is 508 g/mol. The van der Waals surface area contributed by atoms with Crippen molar-refractivity contribution in [1.82, 2.24) is 0 Å². The van der Waals surface area contributed by atoms with Crippen molar-refractivity contribution in [2.45, 2.75) is 0 Å². The van der Waals surface area contributed by atoms with Crippen LogP contribution in [-0.2, 0) is 9.47 Å². The van der Waals surface area contributed by atoms with E-state index in [2.05, 4.69) is 0 Å². The van der Waals surface area contributed by atoms with Crippen LogP contribution in [0.5, 0.6) is 11.5 Å². The molecule has 0 saturated heterocycles. The Labute approximate surface area is 202 Å². The Balaban J connectivity index is 2.28. The minimum atomic E-state index is -5.62. The molecule has 0 bridgehead atoms. The summed E-state index contributed by atoms with van der Waals surface area (Å²) >= 11 is 0. The number of rotatable bonds is 9.